The van der Waals surface area contributed by atoms with Crippen molar-refractivity contribution in [1.82, 2.24) is 4.90 Å². The summed E-state index contributed by atoms with van der Waals surface area (Å²) in [6.45, 7) is 0.232. The van der Waals surface area contributed by atoms with E-state index in [0.717, 1.165) is 31.2 Å². The van der Waals surface area contributed by atoms with Crippen molar-refractivity contribution >= 4 is 34.9 Å². The number of benzene rings is 1. The van der Waals surface area contributed by atoms with Gasteiger partial charge in [-0.15, -0.1) is 0 Å². The maximum atomic E-state index is 13.5. The van der Waals surface area contributed by atoms with Crippen LogP contribution < -0.4 is 0 Å². The first-order chi connectivity index (χ1) is 14.0. The number of ketones is 1. The SMILES string of the molecule is O=C1C2=C(OC3CCCCC13)C(=O)N(Cc1ccco1)C2c1ccc(Cl)c(Cl)c1. The molecule has 2 aliphatic heterocycles. The van der Waals surface area contributed by atoms with Gasteiger partial charge >= 0.3 is 0 Å². The average Bonchev–Trinajstić information content (AvgIpc) is 3.32. The lowest BCUT2D eigenvalue weighted by molar-refractivity contribution is -0.135. The van der Waals surface area contributed by atoms with Crippen molar-refractivity contribution in [2.24, 2.45) is 5.92 Å². The van der Waals surface area contributed by atoms with Crippen LogP contribution in [-0.4, -0.2) is 22.7 Å². The Kier molecular flexibility index (Phi) is 4.67. The summed E-state index contributed by atoms with van der Waals surface area (Å²) in [5.41, 5.74) is 1.17. The van der Waals surface area contributed by atoms with Crippen LogP contribution in [0.3, 0.4) is 0 Å². The maximum Gasteiger partial charge on any atom is 0.290 e. The van der Waals surface area contributed by atoms with E-state index in [1.807, 2.05) is 0 Å². The molecule has 0 N–H and O–H groups in total. The molecule has 3 unspecified atom stereocenters. The van der Waals surface area contributed by atoms with Gasteiger partial charge in [-0.05, 0) is 49.1 Å². The molecule has 0 spiro atoms. The lowest BCUT2D eigenvalue weighted by Gasteiger charge is -2.35. The minimum Gasteiger partial charge on any atom is -0.483 e. The first-order valence-electron chi connectivity index (χ1n) is 9.78. The lowest BCUT2D eigenvalue weighted by atomic mass is 9.77. The van der Waals surface area contributed by atoms with Gasteiger partial charge in [0.2, 0.25) is 0 Å². The summed E-state index contributed by atoms with van der Waals surface area (Å²) < 4.78 is 11.6. The first kappa shape index (κ1) is 18.8. The van der Waals surface area contributed by atoms with Crippen molar-refractivity contribution in [2.75, 3.05) is 0 Å². The van der Waals surface area contributed by atoms with Crippen molar-refractivity contribution in [3.8, 4) is 0 Å². The van der Waals surface area contributed by atoms with E-state index >= 15 is 0 Å². The Balaban J connectivity index is 1.61. The third kappa shape index (κ3) is 3.08. The molecule has 3 heterocycles. The molecule has 1 amide bonds. The van der Waals surface area contributed by atoms with Crippen molar-refractivity contribution in [3.63, 3.8) is 0 Å². The molecule has 1 aromatic carbocycles. The van der Waals surface area contributed by atoms with Gasteiger partial charge in [-0.3, -0.25) is 9.59 Å². The molecule has 1 aliphatic carbocycles. The Morgan fingerprint density at radius 3 is 2.66 bits per heavy atom. The van der Waals surface area contributed by atoms with Crippen LogP contribution in [0.4, 0.5) is 0 Å². The van der Waals surface area contributed by atoms with E-state index in [1.165, 1.54) is 0 Å². The van der Waals surface area contributed by atoms with E-state index in [0.29, 0.717) is 21.4 Å². The van der Waals surface area contributed by atoms with Crippen molar-refractivity contribution in [1.29, 1.82) is 0 Å². The van der Waals surface area contributed by atoms with Crippen LogP contribution in [0, 0.1) is 5.92 Å². The zero-order valence-corrected chi connectivity index (χ0v) is 17.1. The Hall–Kier alpha value is -2.24. The number of rotatable bonds is 3. The Bertz CT molecular complexity index is 1010. The summed E-state index contributed by atoms with van der Waals surface area (Å²) in [6.07, 6.45) is 4.96. The highest BCUT2D eigenvalue weighted by Crippen LogP contribution is 2.47. The molecule has 0 radical (unpaired) electrons. The average molecular weight is 432 g/mol. The third-order valence-corrected chi connectivity index (χ3v) is 6.76. The monoisotopic (exact) mass is 431 g/mol. The number of nitrogens with zero attached hydrogens (tertiary/aromatic N) is 1. The molecule has 0 bridgehead atoms. The van der Waals surface area contributed by atoms with Crippen LogP contribution in [0.25, 0.3) is 0 Å². The zero-order chi connectivity index (χ0) is 20.1. The molecule has 3 atom stereocenters. The van der Waals surface area contributed by atoms with Gasteiger partial charge in [-0.1, -0.05) is 35.7 Å². The number of hydrogen-bond acceptors (Lipinski definition) is 4. The standard InChI is InChI=1S/C22H19Cl2NO4/c23-15-8-7-12(10-16(15)24)19-18-20(26)14-5-1-2-6-17(14)29-21(18)22(27)25(19)11-13-4-3-9-28-13/h3-4,7-10,14,17,19H,1-2,5-6,11H2. The molecule has 2 aromatic rings. The van der Waals surface area contributed by atoms with Gasteiger partial charge in [-0.25, -0.2) is 0 Å². The summed E-state index contributed by atoms with van der Waals surface area (Å²) in [5.74, 6) is 0.352. The Labute approximate surface area is 178 Å². The highest BCUT2D eigenvalue weighted by molar-refractivity contribution is 6.42. The highest BCUT2D eigenvalue weighted by atomic mass is 35.5. The molecule has 3 aliphatic rings. The number of hydrogen-bond donors (Lipinski definition) is 0. The Morgan fingerprint density at radius 1 is 1.07 bits per heavy atom. The summed E-state index contributed by atoms with van der Waals surface area (Å²) in [6, 6.07) is 8.20. The molecule has 5 rings (SSSR count). The molecule has 29 heavy (non-hydrogen) atoms. The van der Waals surface area contributed by atoms with Gasteiger partial charge in [0.15, 0.2) is 11.5 Å². The summed E-state index contributed by atoms with van der Waals surface area (Å²) >= 11 is 12.3. The molecular weight excluding hydrogens is 413 g/mol. The fourth-order valence-electron chi connectivity index (χ4n) is 4.65. The third-order valence-electron chi connectivity index (χ3n) is 6.02. The van der Waals surface area contributed by atoms with Gasteiger partial charge in [0.1, 0.15) is 11.9 Å². The molecule has 5 nitrogen and oxygen atoms in total. The molecule has 1 fully saturated rings. The summed E-state index contributed by atoms with van der Waals surface area (Å²) in [5, 5.41) is 0.799. The van der Waals surface area contributed by atoms with E-state index in [-0.39, 0.29) is 36.0 Å². The van der Waals surface area contributed by atoms with E-state index in [1.54, 1.807) is 41.5 Å². The second-order valence-corrected chi connectivity index (χ2v) is 8.56. The Morgan fingerprint density at radius 2 is 1.90 bits per heavy atom. The van der Waals surface area contributed by atoms with Crippen LogP contribution in [0.5, 0.6) is 0 Å². The fraction of sp³-hybridized carbons (Fsp3) is 0.364. The molecule has 7 heteroatoms. The minimum atomic E-state index is -0.576. The lowest BCUT2D eigenvalue weighted by Crippen LogP contribution is -2.39. The van der Waals surface area contributed by atoms with Crippen molar-refractivity contribution < 1.29 is 18.7 Å². The number of carbonyl (C=O) groups is 2. The second-order valence-electron chi connectivity index (χ2n) is 7.74. The van der Waals surface area contributed by atoms with Crippen LogP contribution in [0.15, 0.2) is 52.3 Å². The number of amides is 1. The summed E-state index contributed by atoms with van der Waals surface area (Å²) in [4.78, 5) is 28.4. The topological polar surface area (TPSA) is 59.8 Å². The zero-order valence-electron chi connectivity index (χ0n) is 15.6. The normalized spacial score (nSPS) is 26.4. The van der Waals surface area contributed by atoms with Gasteiger partial charge in [0, 0.05) is 0 Å². The second kappa shape index (κ2) is 7.22. The van der Waals surface area contributed by atoms with E-state index < -0.39 is 6.04 Å². The molecule has 0 saturated heterocycles. The number of fused-ring (bicyclic) bond motifs is 1. The quantitative estimate of drug-likeness (QED) is 0.679. The molecule has 1 saturated carbocycles. The van der Waals surface area contributed by atoms with Crippen LogP contribution in [0.1, 0.15) is 43.0 Å². The van der Waals surface area contributed by atoms with Gasteiger partial charge in [0.05, 0.1) is 40.4 Å². The predicted octanol–water partition coefficient (Wildman–Crippen LogP) is 5.08. The molecule has 150 valence electrons. The summed E-state index contributed by atoms with van der Waals surface area (Å²) in [7, 11) is 0. The molecular formula is C22H19Cl2NO4. The minimum absolute atomic E-state index is 0.0160. The number of halogens is 2. The van der Waals surface area contributed by atoms with Crippen LogP contribution in [-0.2, 0) is 20.9 Å². The van der Waals surface area contributed by atoms with Gasteiger partial charge in [-0.2, -0.15) is 0 Å². The van der Waals surface area contributed by atoms with E-state index in [4.69, 9.17) is 32.4 Å². The maximum absolute atomic E-state index is 13.5. The van der Waals surface area contributed by atoms with Crippen LogP contribution in [0.2, 0.25) is 10.0 Å². The number of furan rings is 1. The van der Waals surface area contributed by atoms with E-state index in [9.17, 15) is 9.59 Å². The highest BCUT2D eigenvalue weighted by Gasteiger charge is 2.52. The fourth-order valence-corrected chi connectivity index (χ4v) is 4.96. The largest absolute Gasteiger partial charge is 0.483 e. The number of ether oxygens (including phenoxy) is 1. The predicted molar refractivity (Wildman–Crippen MR) is 107 cm³/mol. The van der Waals surface area contributed by atoms with E-state index in [2.05, 4.69) is 0 Å². The number of carbonyl (C=O) groups excluding carboxylic acids is 2. The van der Waals surface area contributed by atoms with Gasteiger partial charge < -0.3 is 14.1 Å². The van der Waals surface area contributed by atoms with Crippen molar-refractivity contribution in [2.45, 2.75) is 44.4 Å². The van der Waals surface area contributed by atoms with Gasteiger partial charge in [0.25, 0.3) is 5.91 Å². The van der Waals surface area contributed by atoms with Crippen LogP contribution >= 0.6 is 23.2 Å². The van der Waals surface area contributed by atoms with Crippen molar-refractivity contribution in [3.05, 3.63) is 69.3 Å². The number of Topliss-reactive ketones (excluding diaryl/α,β-unsaturated/α-hetero) is 1. The smallest absolute Gasteiger partial charge is 0.290 e. The first-order valence-corrected chi connectivity index (χ1v) is 10.5. The molecule has 1 aromatic heterocycles.